The molecule has 0 saturated heterocycles. The molecule has 0 aliphatic rings. The SMILES string of the molecule is CC.Cc1cccc(-c2cnc(-c3ccc(N)cc3)[nH]2)c1. The minimum absolute atomic E-state index is 0.759. The van der Waals surface area contributed by atoms with E-state index in [-0.39, 0.29) is 0 Å². The third kappa shape index (κ3) is 3.51. The number of aryl methyl sites for hydroxylation is 1. The lowest BCUT2D eigenvalue weighted by Crippen LogP contribution is -1.85. The average Bonchev–Trinajstić information content (AvgIpc) is 3.00. The van der Waals surface area contributed by atoms with Crippen molar-refractivity contribution < 1.29 is 0 Å². The van der Waals surface area contributed by atoms with Gasteiger partial charge in [-0.3, -0.25) is 0 Å². The summed E-state index contributed by atoms with van der Waals surface area (Å²) in [7, 11) is 0. The third-order valence-corrected chi connectivity index (χ3v) is 3.09. The van der Waals surface area contributed by atoms with Gasteiger partial charge in [0.05, 0.1) is 11.9 Å². The average molecular weight is 279 g/mol. The first kappa shape index (κ1) is 14.9. The number of hydrogen-bond acceptors (Lipinski definition) is 2. The van der Waals surface area contributed by atoms with Crippen molar-refractivity contribution in [3.63, 3.8) is 0 Å². The zero-order valence-electron chi connectivity index (χ0n) is 12.7. The van der Waals surface area contributed by atoms with E-state index in [0.717, 1.165) is 28.3 Å². The maximum Gasteiger partial charge on any atom is 0.137 e. The Balaban J connectivity index is 0.000000774. The van der Waals surface area contributed by atoms with Gasteiger partial charge in [0.15, 0.2) is 0 Å². The van der Waals surface area contributed by atoms with Crippen LogP contribution in [-0.4, -0.2) is 9.97 Å². The van der Waals surface area contributed by atoms with Gasteiger partial charge in [-0.2, -0.15) is 0 Å². The Hall–Kier alpha value is -2.55. The Bertz CT molecular complexity index is 696. The molecule has 0 atom stereocenters. The molecule has 3 aromatic rings. The van der Waals surface area contributed by atoms with Gasteiger partial charge in [-0.25, -0.2) is 4.98 Å². The molecule has 3 rings (SSSR count). The second-order valence-electron chi connectivity index (χ2n) is 4.64. The van der Waals surface area contributed by atoms with Crippen LogP contribution in [0.2, 0.25) is 0 Å². The predicted octanol–water partition coefficient (Wildman–Crippen LogP) is 4.66. The normalized spacial score (nSPS) is 9.86. The summed E-state index contributed by atoms with van der Waals surface area (Å²) in [6.45, 7) is 6.08. The van der Waals surface area contributed by atoms with Crippen LogP contribution in [0.1, 0.15) is 19.4 Å². The van der Waals surface area contributed by atoms with Gasteiger partial charge in [0.2, 0.25) is 0 Å². The molecule has 2 aromatic carbocycles. The summed E-state index contributed by atoms with van der Waals surface area (Å²) in [6, 6.07) is 16.0. The summed E-state index contributed by atoms with van der Waals surface area (Å²) in [4.78, 5) is 7.77. The van der Waals surface area contributed by atoms with Gasteiger partial charge in [-0.15, -0.1) is 0 Å². The molecule has 0 aliphatic heterocycles. The fraction of sp³-hybridized carbons (Fsp3) is 0.167. The Kier molecular flexibility index (Phi) is 4.77. The fourth-order valence-corrected chi connectivity index (χ4v) is 2.07. The highest BCUT2D eigenvalue weighted by atomic mass is 14.9. The molecular weight excluding hydrogens is 258 g/mol. The zero-order valence-corrected chi connectivity index (χ0v) is 12.7. The van der Waals surface area contributed by atoms with E-state index in [2.05, 4.69) is 35.1 Å². The lowest BCUT2D eigenvalue weighted by atomic mass is 10.1. The molecule has 3 heteroatoms. The van der Waals surface area contributed by atoms with Crippen molar-refractivity contribution in [3.8, 4) is 22.6 Å². The minimum Gasteiger partial charge on any atom is -0.399 e. The van der Waals surface area contributed by atoms with Crippen LogP contribution >= 0.6 is 0 Å². The molecule has 0 saturated carbocycles. The Morgan fingerprint density at radius 3 is 2.33 bits per heavy atom. The Morgan fingerprint density at radius 2 is 1.67 bits per heavy atom. The standard InChI is InChI=1S/C16H15N3.C2H6/c1-11-3-2-4-13(9-11)15-10-18-16(19-15)12-5-7-14(17)8-6-12;1-2/h2-10H,17H2,1H3,(H,18,19);1-2H3. The molecule has 108 valence electrons. The second kappa shape index (κ2) is 6.75. The Labute approximate surface area is 125 Å². The van der Waals surface area contributed by atoms with E-state index in [1.165, 1.54) is 5.56 Å². The van der Waals surface area contributed by atoms with Crippen molar-refractivity contribution in [1.82, 2.24) is 9.97 Å². The topological polar surface area (TPSA) is 54.7 Å². The molecule has 0 bridgehead atoms. The first-order valence-corrected chi connectivity index (χ1v) is 7.20. The highest BCUT2D eigenvalue weighted by Gasteiger charge is 2.05. The van der Waals surface area contributed by atoms with Crippen molar-refractivity contribution >= 4 is 5.69 Å². The van der Waals surface area contributed by atoms with Gasteiger partial charge >= 0.3 is 0 Å². The number of H-pyrrole nitrogens is 1. The summed E-state index contributed by atoms with van der Waals surface area (Å²) in [5, 5.41) is 0. The van der Waals surface area contributed by atoms with Crippen LogP contribution in [0.4, 0.5) is 5.69 Å². The van der Waals surface area contributed by atoms with Gasteiger partial charge in [-0.05, 0) is 42.8 Å². The number of aromatic amines is 1. The van der Waals surface area contributed by atoms with Crippen molar-refractivity contribution in [2.24, 2.45) is 0 Å². The molecule has 0 fully saturated rings. The first-order chi connectivity index (χ1) is 10.2. The number of nitrogens with one attached hydrogen (secondary N) is 1. The monoisotopic (exact) mass is 279 g/mol. The van der Waals surface area contributed by atoms with Gasteiger partial charge in [-0.1, -0.05) is 37.6 Å². The smallest absolute Gasteiger partial charge is 0.137 e. The van der Waals surface area contributed by atoms with E-state index in [4.69, 9.17) is 5.73 Å². The summed E-state index contributed by atoms with van der Waals surface area (Å²) >= 11 is 0. The van der Waals surface area contributed by atoms with Crippen LogP contribution in [-0.2, 0) is 0 Å². The molecule has 21 heavy (non-hydrogen) atoms. The van der Waals surface area contributed by atoms with E-state index < -0.39 is 0 Å². The largest absolute Gasteiger partial charge is 0.399 e. The summed E-state index contributed by atoms with van der Waals surface area (Å²) < 4.78 is 0. The van der Waals surface area contributed by atoms with E-state index in [1.807, 2.05) is 50.4 Å². The number of anilines is 1. The summed E-state index contributed by atoms with van der Waals surface area (Å²) in [5.74, 6) is 0.858. The maximum atomic E-state index is 5.69. The number of rotatable bonds is 2. The number of benzene rings is 2. The second-order valence-corrected chi connectivity index (χ2v) is 4.64. The first-order valence-electron chi connectivity index (χ1n) is 7.20. The molecule has 1 aromatic heterocycles. The Morgan fingerprint density at radius 1 is 0.952 bits per heavy atom. The molecular formula is C18H21N3. The minimum atomic E-state index is 0.759. The molecule has 1 heterocycles. The van der Waals surface area contributed by atoms with E-state index in [9.17, 15) is 0 Å². The van der Waals surface area contributed by atoms with Crippen molar-refractivity contribution in [1.29, 1.82) is 0 Å². The maximum absolute atomic E-state index is 5.69. The van der Waals surface area contributed by atoms with Crippen LogP contribution in [0, 0.1) is 6.92 Å². The van der Waals surface area contributed by atoms with E-state index in [1.54, 1.807) is 0 Å². The van der Waals surface area contributed by atoms with Gasteiger partial charge in [0, 0.05) is 11.3 Å². The highest BCUT2D eigenvalue weighted by molar-refractivity contribution is 5.65. The van der Waals surface area contributed by atoms with Crippen molar-refractivity contribution in [3.05, 3.63) is 60.3 Å². The molecule has 0 amide bonds. The van der Waals surface area contributed by atoms with E-state index in [0.29, 0.717) is 0 Å². The molecule has 0 radical (unpaired) electrons. The lowest BCUT2D eigenvalue weighted by Gasteiger charge is -2.00. The number of nitrogen functional groups attached to an aromatic ring is 1. The molecule has 3 nitrogen and oxygen atoms in total. The van der Waals surface area contributed by atoms with Gasteiger partial charge in [0.1, 0.15) is 5.82 Å². The zero-order chi connectivity index (χ0) is 15.2. The summed E-state index contributed by atoms with van der Waals surface area (Å²) in [5.41, 5.74) is 10.9. The van der Waals surface area contributed by atoms with Gasteiger partial charge < -0.3 is 10.7 Å². The van der Waals surface area contributed by atoms with Crippen LogP contribution in [0.25, 0.3) is 22.6 Å². The number of hydrogen-bond donors (Lipinski definition) is 2. The number of aromatic nitrogens is 2. The van der Waals surface area contributed by atoms with Crippen LogP contribution in [0.15, 0.2) is 54.7 Å². The summed E-state index contributed by atoms with van der Waals surface area (Å²) in [6.07, 6.45) is 1.86. The molecule has 3 N–H and O–H groups in total. The van der Waals surface area contributed by atoms with Crippen molar-refractivity contribution in [2.45, 2.75) is 20.8 Å². The lowest BCUT2D eigenvalue weighted by molar-refractivity contribution is 1.31. The third-order valence-electron chi connectivity index (χ3n) is 3.09. The van der Waals surface area contributed by atoms with Crippen molar-refractivity contribution in [2.75, 3.05) is 5.73 Å². The highest BCUT2D eigenvalue weighted by Crippen LogP contribution is 2.23. The molecule has 0 aliphatic carbocycles. The fourth-order valence-electron chi connectivity index (χ4n) is 2.07. The quantitative estimate of drug-likeness (QED) is 0.670. The predicted molar refractivity (Wildman–Crippen MR) is 90.0 cm³/mol. The van der Waals surface area contributed by atoms with Crippen LogP contribution < -0.4 is 5.73 Å². The number of imidazole rings is 1. The number of nitrogens with two attached hydrogens (primary N) is 1. The van der Waals surface area contributed by atoms with Gasteiger partial charge in [0.25, 0.3) is 0 Å². The van der Waals surface area contributed by atoms with Crippen LogP contribution in [0.3, 0.4) is 0 Å². The van der Waals surface area contributed by atoms with E-state index >= 15 is 0 Å². The molecule has 0 unspecified atom stereocenters. The number of nitrogens with zero attached hydrogens (tertiary/aromatic N) is 1. The molecule has 0 spiro atoms. The van der Waals surface area contributed by atoms with Crippen LogP contribution in [0.5, 0.6) is 0 Å².